The maximum absolute atomic E-state index is 13.9. The summed E-state index contributed by atoms with van der Waals surface area (Å²) in [5, 5.41) is 10.3. The van der Waals surface area contributed by atoms with Gasteiger partial charge in [-0.1, -0.05) is 6.07 Å². The Hall–Kier alpha value is -2.16. The minimum atomic E-state index is -3.96. The van der Waals surface area contributed by atoms with Crippen LogP contribution in [0.1, 0.15) is 24.2 Å². The highest BCUT2D eigenvalue weighted by Crippen LogP contribution is 2.28. The van der Waals surface area contributed by atoms with E-state index in [-0.39, 0.29) is 23.8 Å². The number of aliphatic hydroxyl groups is 1. The van der Waals surface area contributed by atoms with Gasteiger partial charge >= 0.3 is 0 Å². The minimum Gasteiger partial charge on any atom is -0.493 e. The van der Waals surface area contributed by atoms with Crippen molar-refractivity contribution in [2.75, 3.05) is 19.8 Å². The Balaban J connectivity index is 1.69. The normalized spacial score (nSPS) is 14.6. The van der Waals surface area contributed by atoms with Gasteiger partial charge in [-0.05, 0) is 48.4 Å². The molecular weight excluding hydrogens is 361 g/mol. The van der Waals surface area contributed by atoms with Gasteiger partial charge in [-0.3, -0.25) is 0 Å². The van der Waals surface area contributed by atoms with Gasteiger partial charge in [0.25, 0.3) is 0 Å². The molecule has 2 aromatic rings. The fraction of sp³-hybridized carbons (Fsp3) is 0.333. The summed E-state index contributed by atoms with van der Waals surface area (Å²) in [6, 6.07) is 8.68. The first-order valence-corrected chi connectivity index (χ1v) is 9.74. The maximum Gasteiger partial charge on any atom is 0.240 e. The SMILES string of the molecule is CCOc1ccc(S(=O)(=O)NC[C@H](O)c2ccc3c(c2)CCO3)cc1F. The summed E-state index contributed by atoms with van der Waals surface area (Å²) in [6.07, 6.45) is -0.268. The molecule has 1 aliphatic heterocycles. The van der Waals surface area contributed by atoms with Crippen LogP contribution in [-0.4, -0.2) is 33.3 Å². The van der Waals surface area contributed by atoms with Gasteiger partial charge in [0.05, 0.1) is 24.2 Å². The van der Waals surface area contributed by atoms with Gasteiger partial charge < -0.3 is 14.6 Å². The largest absolute Gasteiger partial charge is 0.493 e. The molecule has 0 aliphatic carbocycles. The summed E-state index contributed by atoms with van der Waals surface area (Å²) >= 11 is 0. The number of nitrogens with one attached hydrogen (secondary N) is 1. The molecule has 140 valence electrons. The molecule has 26 heavy (non-hydrogen) atoms. The number of halogens is 1. The van der Waals surface area contributed by atoms with Crippen molar-refractivity contribution in [3.05, 3.63) is 53.3 Å². The Morgan fingerprint density at radius 1 is 1.31 bits per heavy atom. The summed E-state index contributed by atoms with van der Waals surface area (Å²) in [5.74, 6) is 0.0205. The number of sulfonamides is 1. The van der Waals surface area contributed by atoms with E-state index in [4.69, 9.17) is 9.47 Å². The van der Waals surface area contributed by atoms with Crippen LogP contribution in [0.15, 0.2) is 41.3 Å². The minimum absolute atomic E-state index is 0.00755. The van der Waals surface area contributed by atoms with Gasteiger partial charge in [-0.15, -0.1) is 0 Å². The molecule has 2 N–H and O–H groups in total. The van der Waals surface area contributed by atoms with Gasteiger partial charge in [0, 0.05) is 13.0 Å². The summed E-state index contributed by atoms with van der Waals surface area (Å²) < 4.78 is 51.3. The molecule has 0 saturated carbocycles. The van der Waals surface area contributed by atoms with E-state index >= 15 is 0 Å². The van der Waals surface area contributed by atoms with E-state index in [9.17, 15) is 17.9 Å². The molecule has 6 nitrogen and oxygen atoms in total. The van der Waals surface area contributed by atoms with Crippen molar-refractivity contribution in [2.24, 2.45) is 0 Å². The summed E-state index contributed by atoms with van der Waals surface area (Å²) in [7, 11) is -3.96. The van der Waals surface area contributed by atoms with E-state index in [0.29, 0.717) is 12.2 Å². The van der Waals surface area contributed by atoms with E-state index in [2.05, 4.69) is 4.72 Å². The summed E-state index contributed by atoms with van der Waals surface area (Å²) in [4.78, 5) is -0.229. The second-order valence-corrected chi connectivity index (χ2v) is 7.63. The van der Waals surface area contributed by atoms with Crippen molar-refractivity contribution in [1.29, 1.82) is 0 Å². The molecule has 0 fully saturated rings. The molecule has 3 rings (SSSR count). The van der Waals surface area contributed by atoms with Crippen LogP contribution in [0.5, 0.6) is 11.5 Å². The average Bonchev–Trinajstić information content (AvgIpc) is 3.09. The number of fused-ring (bicyclic) bond motifs is 1. The lowest BCUT2D eigenvalue weighted by molar-refractivity contribution is 0.182. The molecule has 0 radical (unpaired) electrons. The average molecular weight is 381 g/mol. The third kappa shape index (κ3) is 3.98. The fourth-order valence-corrected chi connectivity index (χ4v) is 3.77. The molecule has 1 aliphatic rings. The molecule has 0 bridgehead atoms. The van der Waals surface area contributed by atoms with E-state index in [0.717, 1.165) is 23.8 Å². The predicted molar refractivity (Wildman–Crippen MR) is 93.4 cm³/mol. The Labute approximate surface area is 151 Å². The molecule has 2 aromatic carbocycles. The third-order valence-electron chi connectivity index (χ3n) is 4.08. The lowest BCUT2D eigenvalue weighted by Crippen LogP contribution is -2.28. The van der Waals surface area contributed by atoms with Crippen molar-refractivity contribution in [1.82, 2.24) is 4.72 Å². The zero-order chi connectivity index (χ0) is 18.7. The molecule has 0 amide bonds. The smallest absolute Gasteiger partial charge is 0.240 e. The van der Waals surface area contributed by atoms with Gasteiger partial charge in [-0.25, -0.2) is 17.5 Å². The fourth-order valence-electron chi connectivity index (χ4n) is 2.72. The van der Waals surface area contributed by atoms with E-state index in [1.165, 1.54) is 12.1 Å². The quantitative estimate of drug-likeness (QED) is 0.768. The predicted octanol–water partition coefficient (Wildman–Crippen LogP) is 2.17. The Morgan fingerprint density at radius 2 is 2.12 bits per heavy atom. The molecule has 0 saturated heterocycles. The second-order valence-electron chi connectivity index (χ2n) is 5.86. The zero-order valence-corrected chi connectivity index (χ0v) is 15.1. The van der Waals surface area contributed by atoms with Crippen molar-refractivity contribution in [2.45, 2.75) is 24.3 Å². The first kappa shape index (κ1) is 18.6. The number of aliphatic hydroxyl groups excluding tert-OH is 1. The highest BCUT2D eigenvalue weighted by Gasteiger charge is 2.20. The van der Waals surface area contributed by atoms with Gasteiger partial charge in [-0.2, -0.15) is 0 Å². The number of rotatable bonds is 7. The highest BCUT2D eigenvalue weighted by molar-refractivity contribution is 7.89. The topological polar surface area (TPSA) is 84.9 Å². The molecule has 1 heterocycles. The van der Waals surface area contributed by atoms with Crippen molar-refractivity contribution < 1.29 is 27.4 Å². The van der Waals surface area contributed by atoms with Crippen LogP contribution in [0.3, 0.4) is 0 Å². The van der Waals surface area contributed by atoms with Crippen LogP contribution in [0.2, 0.25) is 0 Å². The zero-order valence-electron chi connectivity index (χ0n) is 14.2. The summed E-state index contributed by atoms with van der Waals surface area (Å²) in [6.45, 7) is 2.36. The maximum atomic E-state index is 13.9. The van der Waals surface area contributed by atoms with Crippen LogP contribution in [-0.2, 0) is 16.4 Å². The number of hydrogen-bond donors (Lipinski definition) is 2. The molecule has 0 spiro atoms. The number of hydrogen-bond acceptors (Lipinski definition) is 5. The second kappa shape index (κ2) is 7.61. The van der Waals surface area contributed by atoms with E-state index in [1.807, 2.05) is 0 Å². The molecule has 0 unspecified atom stereocenters. The van der Waals surface area contributed by atoms with E-state index in [1.54, 1.807) is 25.1 Å². The molecule has 8 heteroatoms. The molecule has 1 atom stereocenters. The highest BCUT2D eigenvalue weighted by atomic mass is 32.2. The van der Waals surface area contributed by atoms with E-state index < -0.39 is 21.9 Å². The Kier molecular flexibility index (Phi) is 5.45. The van der Waals surface area contributed by atoms with Crippen molar-refractivity contribution in [3.8, 4) is 11.5 Å². The third-order valence-corrected chi connectivity index (χ3v) is 5.50. The van der Waals surface area contributed by atoms with Gasteiger partial charge in [0.1, 0.15) is 5.75 Å². The number of ether oxygens (including phenoxy) is 2. The first-order chi connectivity index (χ1) is 12.4. The lowest BCUT2D eigenvalue weighted by atomic mass is 10.0. The van der Waals surface area contributed by atoms with Crippen molar-refractivity contribution in [3.63, 3.8) is 0 Å². The van der Waals surface area contributed by atoms with Crippen LogP contribution in [0.25, 0.3) is 0 Å². The standard InChI is InChI=1S/C18H20FNO5S/c1-2-24-18-6-4-14(10-15(18)19)26(22,23)20-11-16(21)12-3-5-17-13(9-12)7-8-25-17/h3-6,9-10,16,20-21H,2,7-8,11H2,1H3/t16-/m0/s1. The van der Waals surface area contributed by atoms with Crippen LogP contribution < -0.4 is 14.2 Å². The van der Waals surface area contributed by atoms with Gasteiger partial charge in [0.2, 0.25) is 10.0 Å². The summed E-state index contributed by atoms with van der Waals surface area (Å²) in [5.41, 5.74) is 1.58. The lowest BCUT2D eigenvalue weighted by Gasteiger charge is -2.14. The molecular formula is C18H20FNO5S. The van der Waals surface area contributed by atoms with Crippen molar-refractivity contribution >= 4 is 10.0 Å². The monoisotopic (exact) mass is 381 g/mol. The Bertz CT molecular complexity index is 900. The van der Waals surface area contributed by atoms with Crippen LogP contribution in [0, 0.1) is 5.82 Å². The van der Waals surface area contributed by atoms with Gasteiger partial charge in [0.15, 0.2) is 11.6 Å². The van der Waals surface area contributed by atoms with Crippen LogP contribution in [0.4, 0.5) is 4.39 Å². The molecule has 0 aromatic heterocycles. The number of benzene rings is 2. The van der Waals surface area contributed by atoms with Crippen LogP contribution >= 0.6 is 0 Å². The Morgan fingerprint density at radius 3 is 2.85 bits per heavy atom. The first-order valence-electron chi connectivity index (χ1n) is 8.26.